The van der Waals surface area contributed by atoms with Crippen LogP contribution in [-0.2, 0) is 6.54 Å². The minimum absolute atomic E-state index is 0.0536. The van der Waals surface area contributed by atoms with Crippen LogP contribution in [0.15, 0.2) is 42.7 Å². The van der Waals surface area contributed by atoms with Crippen molar-refractivity contribution in [1.82, 2.24) is 19.4 Å². The number of hydrogen-bond acceptors (Lipinski definition) is 5. The number of hydrogen-bond donors (Lipinski definition) is 0. The maximum absolute atomic E-state index is 11.6. The number of para-hydroxylation sites is 1. The lowest BCUT2D eigenvalue weighted by molar-refractivity contribution is 0.101. The Bertz CT molecular complexity index is 886. The highest BCUT2D eigenvalue weighted by atomic mass is 16.5. The molecule has 0 aliphatic carbocycles. The number of ether oxygens (including phenoxy) is 1. The van der Waals surface area contributed by atoms with Crippen molar-refractivity contribution < 1.29 is 9.53 Å². The van der Waals surface area contributed by atoms with Gasteiger partial charge in [0, 0.05) is 19.0 Å². The number of imidazole rings is 1. The van der Waals surface area contributed by atoms with E-state index in [1.54, 1.807) is 12.4 Å². The first-order valence-electron chi connectivity index (χ1n) is 8.23. The molecular weight excluding hydrogens is 316 g/mol. The molecular formula is C19H22N4O2. The molecule has 3 rings (SSSR count). The van der Waals surface area contributed by atoms with Crippen LogP contribution in [0.2, 0.25) is 0 Å². The Morgan fingerprint density at radius 3 is 2.76 bits per heavy atom. The number of carbonyl (C=O) groups is 1. The van der Waals surface area contributed by atoms with Gasteiger partial charge in [-0.2, -0.15) is 0 Å². The number of nitrogens with zero attached hydrogens (tertiary/aromatic N) is 4. The van der Waals surface area contributed by atoms with Gasteiger partial charge in [0.25, 0.3) is 0 Å². The first kappa shape index (κ1) is 17.1. The molecule has 0 amide bonds. The highest BCUT2D eigenvalue weighted by molar-refractivity contribution is 5.93. The number of benzene rings is 1. The van der Waals surface area contributed by atoms with Crippen molar-refractivity contribution >= 4 is 16.9 Å². The van der Waals surface area contributed by atoms with Crippen molar-refractivity contribution in [3.8, 4) is 5.75 Å². The monoisotopic (exact) mass is 338 g/mol. The van der Waals surface area contributed by atoms with Gasteiger partial charge in [-0.25, -0.2) is 9.97 Å². The zero-order valence-corrected chi connectivity index (χ0v) is 14.8. The minimum atomic E-state index is -0.0536. The Morgan fingerprint density at radius 1 is 1.20 bits per heavy atom. The minimum Gasteiger partial charge on any atom is -0.492 e. The SMILES string of the molecule is CC(=O)c1ccc2ncn(Cc3ccccc3OCCN(C)C)c2n1. The molecule has 0 saturated carbocycles. The number of ketones is 1. The number of likely N-dealkylation sites (N-methyl/N-ethyl adjacent to an activating group) is 1. The van der Waals surface area contributed by atoms with E-state index in [9.17, 15) is 4.79 Å². The zero-order valence-electron chi connectivity index (χ0n) is 14.8. The van der Waals surface area contributed by atoms with Crippen LogP contribution in [0.5, 0.6) is 5.75 Å². The Hall–Kier alpha value is -2.73. The van der Waals surface area contributed by atoms with E-state index in [1.807, 2.05) is 49.0 Å². The third-order valence-corrected chi connectivity index (χ3v) is 3.93. The molecule has 0 aliphatic rings. The lowest BCUT2D eigenvalue weighted by Crippen LogP contribution is -2.19. The summed E-state index contributed by atoms with van der Waals surface area (Å²) in [4.78, 5) is 22.5. The number of carbonyl (C=O) groups excluding carboxylic acids is 1. The molecule has 25 heavy (non-hydrogen) atoms. The normalized spacial score (nSPS) is 11.2. The Labute approximate surface area is 147 Å². The van der Waals surface area contributed by atoms with Crippen LogP contribution in [0.1, 0.15) is 23.0 Å². The number of fused-ring (bicyclic) bond motifs is 1. The van der Waals surface area contributed by atoms with Crippen LogP contribution in [0, 0.1) is 0 Å². The summed E-state index contributed by atoms with van der Waals surface area (Å²) >= 11 is 0. The van der Waals surface area contributed by atoms with E-state index < -0.39 is 0 Å². The molecule has 130 valence electrons. The van der Waals surface area contributed by atoms with Crippen LogP contribution in [0.3, 0.4) is 0 Å². The summed E-state index contributed by atoms with van der Waals surface area (Å²) in [6, 6.07) is 11.5. The van der Waals surface area contributed by atoms with Crippen molar-refractivity contribution in [2.75, 3.05) is 27.2 Å². The van der Waals surface area contributed by atoms with E-state index in [1.165, 1.54) is 6.92 Å². The van der Waals surface area contributed by atoms with Crippen LogP contribution in [0.25, 0.3) is 11.2 Å². The maximum Gasteiger partial charge on any atom is 0.178 e. The third kappa shape index (κ3) is 4.03. The van der Waals surface area contributed by atoms with E-state index in [-0.39, 0.29) is 5.78 Å². The van der Waals surface area contributed by atoms with Gasteiger partial charge in [0.1, 0.15) is 23.6 Å². The Balaban J connectivity index is 1.86. The van der Waals surface area contributed by atoms with Crippen molar-refractivity contribution in [3.63, 3.8) is 0 Å². The molecule has 0 spiro atoms. The predicted molar refractivity (Wildman–Crippen MR) is 97.1 cm³/mol. The number of aromatic nitrogens is 3. The van der Waals surface area contributed by atoms with Gasteiger partial charge in [0.15, 0.2) is 11.4 Å². The first-order chi connectivity index (χ1) is 12.0. The van der Waals surface area contributed by atoms with E-state index in [4.69, 9.17) is 4.74 Å². The molecule has 0 N–H and O–H groups in total. The molecule has 0 atom stereocenters. The lowest BCUT2D eigenvalue weighted by atomic mass is 10.2. The molecule has 0 bridgehead atoms. The van der Waals surface area contributed by atoms with E-state index in [2.05, 4.69) is 14.9 Å². The average molecular weight is 338 g/mol. The molecule has 6 nitrogen and oxygen atoms in total. The molecule has 2 heterocycles. The van der Waals surface area contributed by atoms with Gasteiger partial charge in [0.05, 0.1) is 12.9 Å². The van der Waals surface area contributed by atoms with Crippen molar-refractivity contribution in [2.45, 2.75) is 13.5 Å². The summed E-state index contributed by atoms with van der Waals surface area (Å²) in [5, 5.41) is 0. The van der Waals surface area contributed by atoms with Crippen LogP contribution in [-0.4, -0.2) is 52.5 Å². The second kappa shape index (κ2) is 7.44. The van der Waals surface area contributed by atoms with Gasteiger partial charge in [-0.1, -0.05) is 18.2 Å². The molecule has 3 aromatic rings. The first-order valence-corrected chi connectivity index (χ1v) is 8.23. The smallest absolute Gasteiger partial charge is 0.178 e. The average Bonchev–Trinajstić information content (AvgIpc) is 2.98. The number of rotatable bonds is 7. The highest BCUT2D eigenvalue weighted by Crippen LogP contribution is 2.21. The van der Waals surface area contributed by atoms with Crippen molar-refractivity contribution in [1.29, 1.82) is 0 Å². The summed E-state index contributed by atoms with van der Waals surface area (Å²) in [6.45, 7) is 3.58. The fourth-order valence-electron chi connectivity index (χ4n) is 2.55. The maximum atomic E-state index is 11.6. The molecule has 1 aromatic carbocycles. The predicted octanol–water partition coefficient (Wildman–Crippen LogP) is 2.62. The van der Waals surface area contributed by atoms with Gasteiger partial charge in [-0.15, -0.1) is 0 Å². The topological polar surface area (TPSA) is 60.3 Å². The van der Waals surface area contributed by atoms with Gasteiger partial charge < -0.3 is 14.2 Å². The number of pyridine rings is 1. The fraction of sp³-hybridized carbons (Fsp3) is 0.316. The summed E-state index contributed by atoms with van der Waals surface area (Å²) in [6.07, 6.45) is 1.75. The standard InChI is InChI=1S/C19H22N4O2/c1-14(24)16-8-9-17-19(21-16)23(13-20-17)12-15-6-4-5-7-18(15)25-11-10-22(2)3/h4-9,13H,10-12H2,1-3H3. The Kier molecular flexibility index (Phi) is 5.09. The van der Waals surface area contributed by atoms with Crippen LogP contribution >= 0.6 is 0 Å². The van der Waals surface area contributed by atoms with Crippen molar-refractivity contribution in [2.24, 2.45) is 0 Å². The van der Waals surface area contributed by atoms with E-state index in [0.29, 0.717) is 24.5 Å². The molecule has 0 fully saturated rings. The molecule has 0 saturated heterocycles. The zero-order chi connectivity index (χ0) is 17.8. The van der Waals surface area contributed by atoms with Crippen LogP contribution in [0.4, 0.5) is 0 Å². The van der Waals surface area contributed by atoms with Gasteiger partial charge in [-0.3, -0.25) is 4.79 Å². The second-order valence-corrected chi connectivity index (χ2v) is 6.23. The van der Waals surface area contributed by atoms with E-state index >= 15 is 0 Å². The van der Waals surface area contributed by atoms with Gasteiger partial charge >= 0.3 is 0 Å². The van der Waals surface area contributed by atoms with Gasteiger partial charge in [0.2, 0.25) is 0 Å². The van der Waals surface area contributed by atoms with Crippen molar-refractivity contribution in [3.05, 3.63) is 54.0 Å². The molecule has 2 aromatic heterocycles. The molecule has 0 aliphatic heterocycles. The fourth-order valence-corrected chi connectivity index (χ4v) is 2.55. The molecule has 0 radical (unpaired) electrons. The van der Waals surface area contributed by atoms with E-state index in [0.717, 1.165) is 23.4 Å². The summed E-state index contributed by atoms with van der Waals surface area (Å²) in [5.74, 6) is 0.802. The van der Waals surface area contributed by atoms with Crippen LogP contribution < -0.4 is 4.74 Å². The summed E-state index contributed by atoms with van der Waals surface area (Å²) in [5.41, 5.74) is 2.98. The lowest BCUT2D eigenvalue weighted by Gasteiger charge is -2.14. The largest absolute Gasteiger partial charge is 0.492 e. The molecule has 6 heteroatoms. The quantitative estimate of drug-likeness (QED) is 0.620. The second-order valence-electron chi connectivity index (χ2n) is 6.23. The highest BCUT2D eigenvalue weighted by Gasteiger charge is 2.10. The summed E-state index contributed by atoms with van der Waals surface area (Å²) < 4.78 is 7.86. The number of Topliss-reactive ketones (excluding diaryl/α,β-unsaturated/α-hetero) is 1. The summed E-state index contributed by atoms with van der Waals surface area (Å²) in [7, 11) is 4.04. The Morgan fingerprint density at radius 2 is 2.00 bits per heavy atom. The van der Waals surface area contributed by atoms with Gasteiger partial charge in [-0.05, 0) is 32.3 Å². The third-order valence-electron chi connectivity index (χ3n) is 3.93. The molecule has 0 unspecified atom stereocenters.